The number of ether oxygens (including phenoxy) is 1. The maximum absolute atomic E-state index is 12.0. The van der Waals surface area contributed by atoms with Crippen LogP contribution in [0, 0.1) is 5.92 Å². The highest BCUT2D eigenvalue weighted by atomic mass is 16.6. The molecule has 2 N–H and O–H groups in total. The predicted molar refractivity (Wildman–Crippen MR) is 64.6 cm³/mol. The number of fused-ring (bicyclic) bond motifs is 1. The van der Waals surface area contributed by atoms with E-state index in [2.05, 4.69) is 5.32 Å². The van der Waals surface area contributed by atoms with Gasteiger partial charge in [-0.05, 0) is 26.7 Å². The van der Waals surface area contributed by atoms with Crippen molar-refractivity contribution in [3.8, 4) is 0 Å². The van der Waals surface area contributed by atoms with Crippen molar-refractivity contribution in [1.29, 1.82) is 0 Å². The van der Waals surface area contributed by atoms with Crippen molar-refractivity contribution in [3.05, 3.63) is 11.1 Å². The molecule has 0 aromatic rings. The lowest BCUT2D eigenvalue weighted by atomic mass is 9.68. The molecule has 3 atom stereocenters. The highest BCUT2D eigenvalue weighted by Gasteiger charge is 2.77. The predicted octanol–water partition coefficient (Wildman–Crippen LogP) is 0.524. The Hall–Kier alpha value is -1.36. The number of aliphatic hydroxyl groups excluding tert-OH is 1. The summed E-state index contributed by atoms with van der Waals surface area (Å²) in [5.74, 6) is -1.05. The minimum Gasteiger partial charge on any atom is -0.449 e. The van der Waals surface area contributed by atoms with Crippen molar-refractivity contribution >= 4 is 11.9 Å². The number of rotatable bonds is 2. The Balaban J connectivity index is 2.58. The summed E-state index contributed by atoms with van der Waals surface area (Å²) >= 11 is 0. The van der Waals surface area contributed by atoms with E-state index in [1.807, 2.05) is 0 Å². The summed E-state index contributed by atoms with van der Waals surface area (Å²) in [5.41, 5.74) is -1.16. The van der Waals surface area contributed by atoms with E-state index in [1.165, 1.54) is 0 Å². The van der Waals surface area contributed by atoms with E-state index in [0.717, 1.165) is 5.57 Å². The van der Waals surface area contributed by atoms with Crippen LogP contribution in [0.3, 0.4) is 0 Å². The van der Waals surface area contributed by atoms with Crippen LogP contribution in [-0.4, -0.2) is 34.2 Å². The van der Waals surface area contributed by atoms with Gasteiger partial charge in [0.2, 0.25) is 5.54 Å². The van der Waals surface area contributed by atoms with Gasteiger partial charge in [-0.25, -0.2) is 4.79 Å². The molecule has 0 bridgehead atoms. The van der Waals surface area contributed by atoms with Gasteiger partial charge in [-0.2, -0.15) is 0 Å². The second-order valence-corrected chi connectivity index (χ2v) is 5.75. The molecule has 0 aliphatic carbocycles. The topological polar surface area (TPSA) is 75.6 Å². The van der Waals surface area contributed by atoms with Crippen molar-refractivity contribution in [3.63, 3.8) is 0 Å². The molecule has 2 saturated heterocycles. The van der Waals surface area contributed by atoms with Crippen LogP contribution in [0.1, 0.15) is 34.6 Å². The standard InChI is InChI=1S/C13H19NO4/c1-6(2)8-10(16)14-13(9(15)7(3)4)11(17)18-12(8,13)5/h7,9,15H,1-5H3,(H,14,16)/t9-,12-,13?/m0/s1. The zero-order valence-corrected chi connectivity index (χ0v) is 11.3. The van der Waals surface area contributed by atoms with E-state index in [1.54, 1.807) is 34.6 Å². The molecule has 2 rings (SSSR count). The number of hydrogen-bond acceptors (Lipinski definition) is 4. The normalized spacial score (nSPS) is 35.8. The molecular weight excluding hydrogens is 234 g/mol. The SMILES string of the molecule is CC(C)=C1C(=O)NC2([C@@H](O)C(C)C)C(=O)O[C@@]12C. The number of nitrogens with one attached hydrogen (secondary N) is 1. The molecular formula is C13H19NO4. The van der Waals surface area contributed by atoms with Gasteiger partial charge in [0.15, 0.2) is 5.60 Å². The molecule has 5 nitrogen and oxygen atoms in total. The van der Waals surface area contributed by atoms with Crippen LogP contribution in [0.5, 0.6) is 0 Å². The van der Waals surface area contributed by atoms with Crippen molar-refractivity contribution < 1.29 is 19.4 Å². The monoisotopic (exact) mass is 253 g/mol. The summed E-state index contributed by atoms with van der Waals surface area (Å²) < 4.78 is 5.23. The first-order chi connectivity index (χ1) is 8.18. The van der Waals surface area contributed by atoms with E-state index in [9.17, 15) is 14.7 Å². The fraction of sp³-hybridized carbons (Fsp3) is 0.692. The van der Waals surface area contributed by atoms with Gasteiger partial charge >= 0.3 is 5.97 Å². The van der Waals surface area contributed by atoms with Gasteiger partial charge < -0.3 is 15.2 Å². The molecule has 1 unspecified atom stereocenters. The summed E-state index contributed by atoms with van der Waals surface area (Å²) in [4.78, 5) is 23.9. The quantitative estimate of drug-likeness (QED) is 0.556. The number of allylic oxidation sites excluding steroid dienone is 1. The molecule has 18 heavy (non-hydrogen) atoms. The molecule has 0 radical (unpaired) electrons. The highest BCUT2D eigenvalue weighted by Crippen LogP contribution is 2.52. The van der Waals surface area contributed by atoms with Crippen molar-refractivity contribution in [1.82, 2.24) is 5.32 Å². The molecule has 0 aromatic carbocycles. The van der Waals surface area contributed by atoms with Gasteiger partial charge in [0.25, 0.3) is 5.91 Å². The molecule has 100 valence electrons. The first kappa shape index (κ1) is 13.1. The fourth-order valence-corrected chi connectivity index (χ4v) is 3.05. The Kier molecular flexibility index (Phi) is 2.59. The van der Waals surface area contributed by atoms with Crippen molar-refractivity contribution in [2.24, 2.45) is 5.92 Å². The molecule has 5 heteroatoms. The van der Waals surface area contributed by atoms with Crippen LogP contribution in [-0.2, 0) is 14.3 Å². The third-order valence-corrected chi connectivity index (χ3v) is 3.96. The van der Waals surface area contributed by atoms with Crippen LogP contribution in [0.15, 0.2) is 11.1 Å². The zero-order chi connectivity index (χ0) is 13.9. The number of carbonyl (C=O) groups excluding carboxylic acids is 2. The Bertz CT molecular complexity index is 464. The van der Waals surface area contributed by atoms with E-state index >= 15 is 0 Å². The maximum atomic E-state index is 12.0. The molecule has 0 saturated carbocycles. The summed E-state index contributed by atoms with van der Waals surface area (Å²) in [5, 5.41) is 13.0. The van der Waals surface area contributed by atoms with Crippen LogP contribution in [0.2, 0.25) is 0 Å². The zero-order valence-electron chi connectivity index (χ0n) is 11.3. The fourth-order valence-electron chi connectivity index (χ4n) is 3.05. The van der Waals surface area contributed by atoms with E-state index in [0.29, 0.717) is 5.57 Å². The largest absolute Gasteiger partial charge is 0.449 e. The summed E-state index contributed by atoms with van der Waals surface area (Å²) in [6.45, 7) is 8.88. The molecule has 2 aliphatic heterocycles. The maximum Gasteiger partial charge on any atom is 0.340 e. The minimum atomic E-state index is -1.33. The molecule has 2 fully saturated rings. The molecule has 1 amide bonds. The van der Waals surface area contributed by atoms with E-state index in [4.69, 9.17) is 4.74 Å². The second kappa shape index (κ2) is 3.57. The van der Waals surface area contributed by atoms with E-state index in [-0.39, 0.29) is 11.8 Å². The third kappa shape index (κ3) is 1.20. The molecule has 2 aliphatic rings. The number of amides is 1. The number of aliphatic hydroxyl groups is 1. The number of hydrogen-bond donors (Lipinski definition) is 2. The van der Waals surface area contributed by atoms with Gasteiger partial charge in [0.1, 0.15) is 0 Å². The molecule has 0 spiro atoms. The summed E-state index contributed by atoms with van der Waals surface area (Å²) in [6.07, 6.45) is -0.968. The number of carbonyl (C=O) groups is 2. The van der Waals surface area contributed by atoms with Crippen molar-refractivity contribution in [2.45, 2.75) is 51.9 Å². The third-order valence-electron chi connectivity index (χ3n) is 3.96. The van der Waals surface area contributed by atoms with Crippen molar-refractivity contribution in [2.75, 3.05) is 0 Å². The van der Waals surface area contributed by atoms with Gasteiger partial charge in [0, 0.05) is 0 Å². The van der Waals surface area contributed by atoms with E-state index < -0.39 is 23.2 Å². The lowest BCUT2D eigenvalue weighted by Gasteiger charge is -2.52. The first-order valence-electron chi connectivity index (χ1n) is 6.10. The van der Waals surface area contributed by atoms with Gasteiger partial charge in [-0.15, -0.1) is 0 Å². The smallest absolute Gasteiger partial charge is 0.340 e. The summed E-state index contributed by atoms with van der Waals surface area (Å²) in [7, 11) is 0. The van der Waals surface area contributed by atoms with Gasteiger partial charge in [0.05, 0.1) is 11.7 Å². The van der Waals surface area contributed by atoms with Crippen LogP contribution in [0.4, 0.5) is 0 Å². The lowest BCUT2D eigenvalue weighted by Crippen LogP contribution is -2.79. The minimum absolute atomic E-state index is 0.158. The van der Waals surface area contributed by atoms with Crippen LogP contribution in [0.25, 0.3) is 0 Å². The average molecular weight is 253 g/mol. The van der Waals surface area contributed by atoms with Crippen LogP contribution >= 0.6 is 0 Å². The highest BCUT2D eigenvalue weighted by molar-refractivity contribution is 6.11. The van der Waals surface area contributed by atoms with Gasteiger partial charge in [-0.3, -0.25) is 4.79 Å². The Morgan fingerprint density at radius 3 is 2.28 bits per heavy atom. The van der Waals surface area contributed by atoms with Gasteiger partial charge in [-0.1, -0.05) is 19.4 Å². The summed E-state index contributed by atoms with van der Waals surface area (Å²) in [6, 6.07) is 0. The molecule has 2 heterocycles. The Morgan fingerprint density at radius 1 is 1.33 bits per heavy atom. The lowest BCUT2D eigenvalue weighted by molar-refractivity contribution is -0.222. The number of esters is 1. The molecule has 0 aromatic heterocycles. The first-order valence-corrected chi connectivity index (χ1v) is 6.10. The average Bonchev–Trinajstić information content (AvgIpc) is 2.41. The van der Waals surface area contributed by atoms with Crippen LogP contribution < -0.4 is 5.32 Å². The Labute approximate surface area is 106 Å². The Morgan fingerprint density at radius 2 is 1.89 bits per heavy atom. The second-order valence-electron chi connectivity index (χ2n) is 5.75.